The maximum absolute atomic E-state index is 6.40. The van der Waals surface area contributed by atoms with Crippen LogP contribution in [0.4, 0.5) is 0 Å². The Morgan fingerprint density at radius 2 is 1.19 bits per heavy atom. The van der Waals surface area contributed by atoms with Crippen molar-refractivity contribution in [3.05, 3.63) is 108 Å². The Balaban J connectivity index is 1.42. The minimum absolute atomic E-state index is 0.0620. The highest BCUT2D eigenvalue weighted by molar-refractivity contribution is 5.15. The van der Waals surface area contributed by atoms with Gasteiger partial charge in [-0.25, -0.2) is 0 Å². The van der Waals surface area contributed by atoms with Crippen LogP contribution in [-0.4, -0.2) is 31.0 Å². The molecule has 4 rings (SSSR count). The zero-order chi connectivity index (χ0) is 22.0. The summed E-state index contributed by atoms with van der Waals surface area (Å²) in [7, 11) is 0. The van der Waals surface area contributed by atoms with Gasteiger partial charge in [-0.15, -0.1) is 0 Å². The molecule has 4 nitrogen and oxygen atoms in total. The lowest BCUT2D eigenvalue weighted by molar-refractivity contribution is -0.217. The lowest BCUT2D eigenvalue weighted by atomic mass is 9.98. The van der Waals surface area contributed by atoms with E-state index in [4.69, 9.17) is 18.9 Å². The fourth-order valence-electron chi connectivity index (χ4n) is 4.06. The molecule has 1 unspecified atom stereocenters. The van der Waals surface area contributed by atoms with E-state index in [1.54, 1.807) is 0 Å². The molecule has 3 aromatic carbocycles. The van der Waals surface area contributed by atoms with Crippen molar-refractivity contribution in [2.45, 2.75) is 57.6 Å². The Kier molecular flexibility index (Phi) is 8.46. The maximum atomic E-state index is 6.40. The summed E-state index contributed by atoms with van der Waals surface area (Å²) in [6.45, 7) is 4.18. The number of hydrogen-bond donors (Lipinski definition) is 0. The summed E-state index contributed by atoms with van der Waals surface area (Å²) < 4.78 is 25.1. The Labute approximate surface area is 191 Å². The third-order valence-corrected chi connectivity index (χ3v) is 5.69. The largest absolute Gasteiger partial charge is 0.374 e. The van der Waals surface area contributed by atoms with Gasteiger partial charge in [0.2, 0.25) is 0 Å². The van der Waals surface area contributed by atoms with Gasteiger partial charge in [0.25, 0.3) is 0 Å². The summed E-state index contributed by atoms with van der Waals surface area (Å²) in [5.41, 5.74) is 3.44. The lowest BCUT2D eigenvalue weighted by Gasteiger charge is -2.40. The quantitative estimate of drug-likeness (QED) is 0.421. The molecular weight excluding hydrogens is 400 g/mol. The third-order valence-electron chi connectivity index (χ3n) is 5.69. The number of ether oxygens (including phenoxy) is 4. The molecule has 1 heterocycles. The molecule has 1 fully saturated rings. The predicted octanol–water partition coefficient (Wildman–Crippen LogP) is 5.55. The summed E-state index contributed by atoms with van der Waals surface area (Å²) in [5.74, 6) is 0. The van der Waals surface area contributed by atoms with E-state index in [0.29, 0.717) is 26.4 Å². The van der Waals surface area contributed by atoms with E-state index in [2.05, 4.69) is 43.3 Å². The molecular formula is C28H32O4. The lowest BCUT2D eigenvalue weighted by Crippen LogP contribution is -2.51. The third kappa shape index (κ3) is 6.75. The van der Waals surface area contributed by atoms with Gasteiger partial charge >= 0.3 is 0 Å². The van der Waals surface area contributed by atoms with Crippen molar-refractivity contribution in [3.8, 4) is 0 Å². The van der Waals surface area contributed by atoms with E-state index >= 15 is 0 Å². The van der Waals surface area contributed by atoms with Gasteiger partial charge in [0.15, 0.2) is 0 Å². The molecule has 0 radical (unpaired) electrons. The number of hydrogen-bond acceptors (Lipinski definition) is 4. The van der Waals surface area contributed by atoms with Crippen LogP contribution in [0.15, 0.2) is 91.0 Å². The summed E-state index contributed by atoms with van der Waals surface area (Å²) >= 11 is 0. The Bertz CT molecular complexity index is 900. The van der Waals surface area contributed by atoms with Gasteiger partial charge in [-0.1, -0.05) is 91.0 Å². The average Bonchev–Trinajstić information content (AvgIpc) is 2.84. The zero-order valence-corrected chi connectivity index (χ0v) is 18.6. The smallest absolute Gasteiger partial charge is 0.113 e. The second-order valence-electron chi connectivity index (χ2n) is 8.32. The van der Waals surface area contributed by atoms with Crippen molar-refractivity contribution in [3.63, 3.8) is 0 Å². The van der Waals surface area contributed by atoms with Crippen LogP contribution in [0.1, 0.15) is 30.0 Å². The molecule has 0 amide bonds. The Morgan fingerprint density at radius 3 is 1.75 bits per heavy atom. The van der Waals surface area contributed by atoms with Crippen molar-refractivity contribution >= 4 is 0 Å². The van der Waals surface area contributed by atoms with Gasteiger partial charge in [-0.3, -0.25) is 0 Å². The van der Waals surface area contributed by atoms with Crippen molar-refractivity contribution in [1.29, 1.82) is 0 Å². The molecule has 3 aromatic rings. The summed E-state index contributed by atoms with van der Waals surface area (Å²) in [4.78, 5) is 0. The van der Waals surface area contributed by atoms with Crippen molar-refractivity contribution in [1.82, 2.24) is 0 Å². The zero-order valence-electron chi connectivity index (χ0n) is 18.6. The molecule has 4 atom stereocenters. The summed E-state index contributed by atoms with van der Waals surface area (Å²) in [5, 5.41) is 0. The Morgan fingerprint density at radius 1 is 0.688 bits per heavy atom. The van der Waals surface area contributed by atoms with Crippen LogP contribution < -0.4 is 0 Å². The first-order chi connectivity index (χ1) is 15.8. The van der Waals surface area contributed by atoms with Gasteiger partial charge in [0.1, 0.15) is 12.2 Å². The normalized spacial score (nSPS) is 23.2. The standard InChI is InChI=1S/C28H32O4/c1-22-17-26(30-19-24-13-7-3-8-14-24)28(31-20-25-15-9-4-10-16-25)27(32-22)21-29-18-23-11-5-2-6-12-23/h2-16,22,26-28H,17-21H2,1H3/t22?,26-,27-,28+/m1/s1. The van der Waals surface area contributed by atoms with Gasteiger partial charge in [0, 0.05) is 6.42 Å². The van der Waals surface area contributed by atoms with Gasteiger partial charge < -0.3 is 18.9 Å². The van der Waals surface area contributed by atoms with Crippen molar-refractivity contribution in [2.24, 2.45) is 0 Å². The molecule has 168 valence electrons. The SMILES string of the molecule is CC1C[C@@H](OCc2ccccc2)[C@H](OCc2ccccc2)[C@@H](COCc2ccccc2)O1. The first kappa shape index (κ1) is 22.7. The first-order valence-corrected chi connectivity index (χ1v) is 11.4. The molecule has 0 aliphatic carbocycles. The second-order valence-corrected chi connectivity index (χ2v) is 8.32. The van der Waals surface area contributed by atoms with Crippen LogP contribution in [-0.2, 0) is 38.8 Å². The van der Waals surface area contributed by atoms with E-state index < -0.39 is 0 Å². The van der Waals surface area contributed by atoms with Crippen LogP contribution in [0.3, 0.4) is 0 Å². The molecule has 1 saturated heterocycles. The van der Waals surface area contributed by atoms with Crippen LogP contribution in [0.2, 0.25) is 0 Å². The van der Waals surface area contributed by atoms with E-state index in [9.17, 15) is 0 Å². The topological polar surface area (TPSA) is 36.9 Å². The molecule has 1 aliphatic rings. The van der Waals surface area contributed by atoms with E-state index in [0.717, 1.165) is 23.1 Å². The highest BCUT2D eigenvalue weighted by Crippen LogP contribution is 2.27. The van der Waals surface area contributed by atoms with E-state index in [1.165, 1.54) is 0 Å². The Hall–Kier alpha value is -2.50. The van der Waals surface area contributed by atoms with E-state index in [-0.39, 0.29) is 24.4 Å². The van der Waals surface area contributed by atoms with Crippen molar-refractivity contribution < 1.29 is 18.9 Å². The van der Waals surface area contributed by atoms with E-state index in [1.807, 2.05) is 54.6 Å². The van der Waals surface area contributed by atoms with Crippen LogP contribution in [0.25, 0.3) is 0 Å². The van der Waals surface area contributed by atoms with Gasteiger partial charge in [0.05, 0.1) is 38.6 Å². The summed E-state index contributed by atoms with van der Waals surface area (Å²) in [6.07, 6.45) is 0.421. The molecule has 0 bridgehead atoms. The molecule has 1 aliphatic heterocycles. The van der Waals surface area contributed by atoms with Gasteiger partial charge in [-0.05, 0) is 23.6 Å². The van der Waals surface area contributed by atoms with Crippen LogP contribution in [0, 0.1) is 0 Å². The van der Waals surface area contributed by atoms with Crippen molar-refractivity contribution in [2.75, 3.05) is 6.61 Å². The predicted molar refractivity (Wildman–Crippen MR) is 125 cm³/mol. The molecule has 32 heavy (non-hydrogen) atoms. The minimum atomic E-state index is -0.203. The average molecular weight is 433 g/mol. The molecule has 0 aromatic heterocycles. The van der Waals surface area contributed by atoms with Crippen LogP contribution >= 0.6 is 0 Å². The fourth-order valence-corrected chi connectivity index (χ4v) is 4.06. The highest BCUT2D eigenvalue weighted by Gasteiger charge is 2.39. The highest BCUT2D eigenvalue weighted by atomic mass is 16.6. The fraction of sp³-hybridized carbons (Fsp3) is 0.357. The molecule has 0 saturated carbocycles. The first-order valence-electron chi connectivity index (χ1n) is 11.4. The molecule has 4 heteroatoms. The monoisotopic (exact) mass is 432 g/mol. The number of rotatable bonds is 10. The second kappa shape index (κ2) is 11.9. The minimum Gasteiger partial charge on any atom is -0.374 e. The number of benzene rings is 3. The summed E-state index contributed by atoms with van der Waals surface area (Å²) in [6, 6.07) is 30.7. The molecule has 0 spiro atoms. The van der Waals surface area contributed by atoms with Crippen LogP contribution in [0.5, 0.6) is 0 Å². The maximum Gasteiger partial charge on any atom is 0.113 e. The van der Waals surface area contributed by atoms with Gasteiger partial charge in [-0.2, -0.15) is 0 Å². The molecule has 0 N–H and O–H groups in total.